The molecule has 104 valence electrons. The fraction of sp³-hybridized carbons (Fsp3) is 0.600. The minimum atomic E-state index is 0.0324. The quantitative estimate of drug-likeness (QED) is 0.905. The molecule has 4 nitrogen and oxygen atoms in total. The van der Waals surface area contributed by atoms with Crippen LogP contribution in [0.5, 0.6) is 0 Å². The molecule has 2 rings (SSSR count). The summed E-state index contributed by atoms with van der Waals surface area (Å²) in [6, 6.07) is 3.99. The lowest BCUT2D eigenvalue weighted by molar-refractivity contribution is -0.135. The van der Waals surface area contributed by atoms with E-state index in [2.05, 4.69) is 4.98 Å². The van der Waals surface area contributed by atoms with Crippen molar-refractivity contribution in [3.63, 3.8) is 0 Å². The zero-order valence-corrected chi connectivity index (χ0v) is 11.7. The fourth-order valence-corrected chi connectivity index (χ4v) is 2.69. The standard InChI is InChI=1S/C15H23N3O/c1-11(2)15(19)18-8-5-12(6-9-18)14(16)13-4-3-7-17-10-13/h3-4,7,10-12,14H,5-6,8-9,16H2,1-2H3. The van der Waals surface area contributed by atoms with E-state index in [0.29, 0.717) is 5.92 Å². The number of likely N-dealkylation sites (tertiary alicyclic amines) is 1. The molecule has 1 aromatic rings. The molecule has 1 saturated heterocycles. The maximum atomic E-state index is 11.9. The summed E-state index contributed by atoms with van der Waals surface area (Å²) in [5.74, 6) is 0.789. The maximum absolute atomic E-state index is 11.9. The van der Waals surface area contributed by atoms with Crippen LogP contribution in [0.3, 0.4) is 0 Å². The summed E-state index contributed by atoms with van der Waals surface area (Å²) < 4.78 is 0. The molecule has 1 aromatic heterocycles. The molecular weight excluding hydrogens is 238 g/mol. The minimum Gasteiger partial charge on any atom is -0.342 e. The first-order valence-electron chi connectivity index (χ1n) is 7.04. The number of aromatic nitrogens is 1. The molecule has 0 radical (unpaired) electrons. The van der Waals surface area contributed by atoms with E-state index in [0.717, 1.165) is 31.5 Å². The van der Waals surface area contributed by atoms with Crippen molar-refractivity contribution in [1.82, 2.24) is 9.88 Å². The number of carbonyl (C=O) groups is 1. The molecule has 2 heterocycles. The third-order valence-electron chi connectivity index (χ3n) is 3.92. The highest BCUT2D eigenvalue weighted by atomic mass is 16.2. The van der Waals surface area contributed by atoms with Gasteiger partial charge >= 0.3 is 0 Å². The number of amides is 1. The van der Waals surface area contributed by atoms with E-state index in [4.69, 9.17) is 5.73 Å². The van der Waals surface area contributed by atoms with Gasteiger partial charge in [-0.05, 0) is 30.4 Å². The van der Waals surface area contributed by atoms with Crippen molar-refractivity contribution in [3.05, 3.63) is 30.1 Å². The van der Waals surface area contributed by atoms with Crippen LogP contribution in [-0.2, 0) is 4.79 Å². The van der Waals surface area contributed by atoms with Gasteiger partial charge in [0.25, 0.3) is 0 Å². The number of nitrogens with two attached hydrogens (primary N) is 1. The smallest absolute Gasteiger partial charge is 0.225 e. The lowest BCUT2D eigenvalue weighted by Crippen LogP contribution is -2.42. The Morgan fingerprint density at radius 1 is 1.42 bits per heavy atom. The Morgan fingerprint density at radius 2 is 2.11 bits per heavy atom. The minimum absolute atomic E-state index is 0.0324. The molecule has 0 aromatic carbocycles. The second-order valence-corrected chi connectivity index (χ2v) is 5.63. The Hall–Kier alpha value is -1.42. The molecule has 1 aliphatic heterocycles. The van der Waals surface area contributed by atoms with Gasteiger partial charge in [0, 0.05) is 37.4 Å². The highest BCUT2D eigenvalue weighted by Crippen LogP contribution is 2.28. The Morgan fingerprint density at radius 3 is 2.63 bits per heavy atom. The van der Waals surface area contributed by atoms with Crippen LogP contribution >= 0.6 is 0 Å². The summed E-state index contributed by atoms with van der Waals surface area (Å²) in [7, 11) is 0. The average molecular weight is 261 g/mol. The first kappa shape index (κ1) is 14.0. The van der Waals surface area contributed by atoms with E-state index in [1.165, 1.54) is 0 Å². The summed E-state index contributed by atoms with van der Waals surface area (Å²) in [6.45, 7) is 5.57. The van der Waals surface area contributed by atoms with Crippen LogP contribution in [0.2, 0.25) is 0 Å². The average Bonchev–Trinajstić information content (AvgIpc) is 2.46. The molecule has 0 bridgehead atoms. The zero-order valence-electron chi connectivity index (χ0n) is 11.7. The third kappa shape index (κ3) is 3.32. The Balaban J connectivity index is 1.91. The molecule has 1 amide bonds. The van der Waals surface area contributed by atoms with Crippen molar-refractivity contribution in [1.29, 1.82) is 0 Å². The van der Waals surface area contributed by atoms with E-state index in [9.17, 15) is 4.79 Å². The van der Waals surface area contributed by atoms with Gasteiger partial charge in [-0.3, -0.25) is 9.78 Å². The van der Waals surface area contributed by atoms with Crippen molar-refractivity contribution in [3.8, 4) is 0 Å². The number of piperidine rings is 1. The van der Waals surface area contributed by atoms with Crippen LogP contribution in [-0.4, -0.2) is 28.9 Å². The van der Waals surface area contributed by atoms with E-state index in [1.807, 2.05) is 37.1 Å². The van der Waals surface area contributed by atoms with Gasteiger partial charge in [0.05, 0.1) is 0 Å². The molecule has 0 spiro atoms. The van der Waals surface area contributed by atoms with Crippen molar-refractivity contribution < 1.29 is 4.79 Å². The Labute approximate surface area is 115 Å². The van der Waals surface area contributed by atoms with Gasteiger partial charge < -0.3 is 10.6 Å². The molecular formula is C15H23N3O. The van der Waals surface area contributed by atoms with E-state index < -0.39 is 0 Å². The predicted molar refractivity (Wildman–Crippen MR) is 75.3 cm³/mol. The second kappa shape index (κ2) is 6.15. The molecule has 1 unspecified atom stereocenters. The van der Waals surface area contributed by atoms with Gasteiger partial charge in [0.15, 0.2) is 0 Å². The predicted octanol–water partition coefficient (Wildman–Crippen LogP) is 1.98. The van der Waals surface area contributed by atoms with Crippen molar-refractivity contribution in [2.75, 3.05) is 13.1 Å². The summed E-state index contributed by atoms with van der Waals surface area (Å²) >= 11 is 0. The van der Waals surface area contributed by atoms with Gasteiger partial charge in [-0.25, -0.2) is 0 Å². The van der Waals surface area contributed by atoms with Gasteiger partial charge in [-0.1, -0.05) is 19.9 Å². The topological polar surface area (TPSA) is 59.2 Å². The SMILES string of the molecule is CC(C)C(=O)N1CCC(C(N)c2cccnc2)CC1. The summed E-state index contributed by atoms with van der Waals surface area (Å²) in [6.07, 6.45) is 5.57. The van der Waals surface area contributed by atoms with Crippen LogP contribution in [0.1, 0.15) is 38.3 Å². The highest BCUT2D eigenvalue weighted by Gasteiger charge is 2.28. The van der Waals surface area contributed by atoms with Gasteiger partial charge in [0.1, 0.15) is 0 Å². The molecule has 0 aliphatic carbocycles. The van der Waals surface area contributed by atoms with Crippen LogP contribution in [0.4, 0.5) is 0 Å². The largest absolute Gasteiger partial charge is 0.342 e. The highest BCUT2D eigenvalue weighted by molar-refractivity contribution is 5.78. The van der Waals surface area contributed by atoms with Crippen LogP contribution in [0, 0.1) is 11.8 Å². The molecule has 2 N–H and O–H groups in total. The lowest BCUT2D eigenvalue weighted by Gasteiger charge is -2.35. The van der Waals surface area contributed by atoms with Crippen molar-refractivity contribution in [2.45, 2.75) is 32.7 Å². The second-order valence-electron chi connectivity index (χ2n) is 5.63. The zero-order chi connectivity index (χ0) is 13.8. The number of hydrogen-bond acceptors (Lipinski definition) is 3. The summed E-state index contributed by atoms with van der Waals surface area (Å²) in [4.78, 5) is 18.0. The van der Waals surface area contributed by atoms with Gasteiger partial charge in [0.2, 0.25) is 5.91 Å². The molecule has 19 heavy (non-hydrogen) atoms. The van der Waals surface area contributed by atoms with E-state index >= 15 is 0 Å². The molecule has 0 saturated carbocycles. The fourth-order valence-electron chi connectivity index (χ4n) is 2.69. The number of rotatable bonds is 3. The summed E-state index contributed by atoms with van der Waals surface area (Å²) in [5, 5.41) is 0. The summed E-state index contributed by atoms with van der Waals surface area (Å²) in [5.41, 5.74) is 7.40. The van der Waals surface area contributed by atoms with Gasteiger partial charge in [-0.2, -0.15) is 0 Å². The van der Waals surface area contributed by atoms with Crippen LogP contribution < -0.4 is 5.73 Å². The Kier molecular flexibility index (Phi) is 4.53. The van der Waals surface area contributed by atoms with Crippen molar-refractivity contribution in [2.24, 2.45) is 17.6 Å². The van der Waals surface area contributed by atoms with Crippen LogP contribution in [0.15, 0.2) is 24.5 Å². The maximum Gasteiger partial charge on any atom is 0.225 e. The van der Waals surface area contributed by atoms with E-state index in [-0.39, 0.29) is 17.9 Å². The monoisotopic (exact) mass is 261 g/mol. The third-order valence-corrected chi connectivity index (χ3v) is 3.92. The van der Waals surface area contributed by atoms with Gasteiger partial charge in [-0.15, -0.1) is 0 Å². The lowest BCUT2D eigenvalue weighted by atomic mass is 9.86. The van der Waals surface area contributed by atoms with Crippen LogP contribution in [0.25, 0.3) is 0 Å². The number of nitrogens with zero attached hydrogens (tertiary/aromatic N) is 2. The van der Waals surface area contributed by atoms with E-state index in [1.54, 1.807) is 6.20 Å². The Bertz CT molecular complexity index is 411. The number of hydrogen-bond donors (Lipinski definition) is 1. The molecule has 4 heteroatoms. The molecule has 1 fully saturated rings. The normalized spacial score (nSPS) is 18.6. The number of carbonyl (C=O) groups excluding carboxylic acids is 1. The van der Waals surface area contributed by atoms with Crippen molar-refractivity contribution >= 4 is 5.91 Å². The molecule has 1 atom stereocenters. The first-order chi connectivity index (χ1) is 9.09. The number of pyridine rings is 1. The first-order valence-corrected chi connectivity index (χ1v) is 7.04. The molecule has 1 aliphatic rings.